The first-order valence-electron chi connectivity index (χ1n) is 7.46. The quantitative estimate of drug-likeness (QED) is 0.453. The Labute approximate surface area is 143 Å². The molecular weight excluding hydrogens is 338 g/mol. The van der Waals surface area contributed by atoms with Gasteiger partial charge in [0.25, 0.3) is 0 Å². The monoisotopic (exact) mass is 359 g/mol. The van der Waals surface area contributed by atoms with Gasteiger partial charge in [0.2, 0.25) is 0 Å². The van der Waals surface area contributed by atoms with Crippen molar-refractivity contribution in [3.8, 4) is 11.5 Å². The van der Waals surface area contributed by atoms with Gasteiger partial charge in [-0.15, -0.1) is 0 Å². The molecule has 0 aromatic heterocycles. The molecule has 0 saturated carbocycles. The van der Waals surface area contributed by atoms with Gasteiger partial charge in [-0.25, -0.2) is 0 Å². The van der Waals surface area contributed by atoms with Gasteiger partial charge in [-0.1, -0.05) is 6.07 Å². The molecule has 1 aliphatic heterocycles. The molecule has 140 valence electrons. The van der Waals surface area contributed by atoms with Crippen LogP contribution in [0, 0.1) is 0 Å². The van der Waals surface area contributed by atoms with Crippen LogP contribution in [0.2, 0.25) is 0 Å². The molecule has 1 aromatic rings. The fraction of sp³-hybridized carbons (Fsp3) is 0.533. The lowest BCUT2D eigenvalue weighted by molar-refractivity contribution is -0.445. The van der Waals surface area contributed by atoms with E-state index in [4.69, 9.17) is 24.3 Å². The van der Waals surface area contributed by atoms with Crippen LogP contribution >= 0.6 is 0 Å². The van der Waals surface area contributed by atoms with Crippen molar-refractivity contribution < 1.29 is 44.4 Å². The Morgan fingerprint density at radius 3 is 2.56 bits per heavy atom. The number of hydrogen-bond acceptors (Lipinski definition) is 10. The molecule has 10 heteroatoms. The highest BCUT2D eigenvalue weighted by molar-refractivity contribution is 5.66. The third-order valence-corrected chi connectivity index (χ3v) is 3.53. The minimum absolute atomic E-state index is 0.0479. The van der Waals surface area contributed by atoms with Crippen LogP contribution in [-0.4, -0.2) is 69.9 Å². The number of hydrogen-bond donors (Lipinski definition) is 4. The second kappa shape index (κ2) is 8.43. The molecule has 4 unspecified atom stereocenters. The van der Waals surface area contributed by atoms with Crippen LogP contribution in [-0.2, 0) is 21.0 Å². The van der Waals surface area contributed by atoms with Crippen molar-refractivity contribution in [1.82, 2.24) is 5.23 Å². The first kappa shape index (κ1) is 19.4. The molecule has 2 rings (SSSR count). The first-order chi connectivity index (χ1) is 11.9. The summed E-state index contributed by atoms with van der Waals surface area (Å²) in [5.41, 5.74) is 0.642. The summed E-state index contributed by atoms with van der Waals surface area (Å²) >= 11 is 0. The van der Waals surface area contributed by atoms with Crippen molar-refractivity contribution in [1.29, 1.82) is 0 Å². The summed E-state index contributed by atoms with van der Waals surface area (Å²) in [7, 11) is 1.39. The number of aliphatic hydroxyl groups is 4. The van der Waals surface area contributed by atoms with E-state index in [1.54, 1.807) is 12.1 Å². The lowest BCUT2D eigenvalue weighted by atomic mass is 10.1. The molecule has 0 spiro atoms. The number of carbonyl (C=O) groups excluding carboxylic acids is 1. The van der Waals surface area contributed by atoms with Crippen molar-refractivity contribution >= 4 is 5.97 Å². The Hall–Kier alpha value is -1.95. The minimum atomic E-state index is -1.69. The average molecular weight is 359 g/mol. The fourth-order valence-corrected chi connectivity index (χ4v) is 2.16. The standard InChI is InChI=1S/C15H21NO9/c1-8(18)23-7-9-3-4-10(11(5-9)22-2)24-16-15(21)14(20)13(19)12(6-17)25-16/h3-5,12-15,17,19-21H,6-7H2,1-2H3. The van der Waals surface area contributed by atoms with E-state index < -0.39 is 37.1 Å². The van der Waals surface area contributed by atoms with Crippen molar-refractivity contribution in [2.45, 2.75) is 38.1 Å². The molecule has 1 saturated heterocycles. The summed E-state index contributed by atoms with van der Waals surface area (Å²) in [5, 5.41) is 39.2. The maximum atomic E-state index is 10.9. The smallest absolute Gasteiger partial charge is 0.302 e. The zero-order valence-electron chi connectivity index (χ0n) is 13.7. The Bertz CT molecular complexity index is 594. The zero-order valence-corrected chi connectivity index (χ0v) is 13.7. The first-order valence-corrected chi connectivity index (χ1v) is 7.46. The van der Waals surface area contributed by atoms with Crippen LogP contribution in [0.5, 0.6) is 11.5 Å². The summed E-state index contributed by atoms with van der Waals surface area (Å²) in [6.07, 6.45) is -5.95. The molecule has 1 aliphatic rings. The maximum absolute atomic E-state index is 10.9. The lowest BCUT2D eigenvalue weighted by Gasteiger charge is -2.40. The maximum Gasteiger partial charge on any atom is 0.302 e. The summed E-state index contributed by atoms with van der Waals surface area (Å²) < 4.78 is 10.1. The molecule has 1 aromatic carbocycles. The van der Waals surface area contributed by atoms with Gasteiger partial charge in [0.05, 0.1) is 13.7 Å². The fourth-order valence-electron chi connectivity index (χ4n) is 2.16. The zero-order chi connectivity index (χ0) is 18.6. The number of carbonyl (C=O) groups is 1. The third kappa shape index (κ3) is 4.57. The van der Waals surface area contributed by atoms with E-state index in [1.165, 1.54) is 20.1 Å². The normalized spacial score (nSPS) is 27.0. The predicted octanol–water partition coefficient (Wildman–Crippen LogP) is -1.30. The minimum Gasteiger partial charge on any atom is -0.493 e. The van der Waals surface area contributed by atoms with Crippen molar-refractivity contribution in [3.63, 3.8) is 0 Å². The van der Waals surface area contributed by atoms with Gasteiger partial charge in [-0.2, -0.15) is 0 Å². The van der Waals surface area contributed by atoms with Gasteiger partial charge >= 0.3 is 5.97 Å². The Balaban J connectivity index is 2.14. The van der Waals surface area contributed by atoms with Crippen molar-refractivity contribution in [2.75, 3.05) is 13.7 Å². The highest BCUT2D eigenvalue weighted by atomic mass is 17.0. The van der Waals surface area contributed by atoms with Crippen molar-refractivity contribution in [3.05, 3.63) is 23.8 Å². The molecule has 10 nitrogen and oxygen atoms in total. The number of hydroxylamine groups is 2. The van der Waals surface area contributed by atoms with Crippen molar-refractivity contribution in [2.24, 2.45) is 0 Å². The van der Waals surface area contributed by atoms with Crippen LogP contribution in [0.4, 0.5) is 0 Å². The molecule has 25 heavy (non-hydrogen) atoms. The molecule has 1 fully saturated rings. The van der Waals surface area contributed by atoms with Gasteiger partial charge in [-0.3, -0.25) is 9.63 Å². The molecule has 4 atom stereocenters. The third-order valence-electron chi connectivity index (χ3n) is 3.53. The van der Waals surface area contributed by atoms with E-state index >= 15 is 0 Å². The van der Waals surface area contributed by atoms with Gasteiger partial charge in [-0.05, 0) is 17.7 Å². The molecular formula is C15H21NO9. The molecule has 0 radical (unpaired) electrons. The average Bonchev–Trinajstić information content (AvgIpc) is 2.60. The van der Waals surface area contributed by atoms with E-state index in [9.17, 15) is 20.1 Å². The molecule has 0 aliphatic carbocycles. The number of ether oxygens (including phenoxy) is 2. The Morgan fingerprint density at radius 2 is 1.96 bits per heavy atom. The summed E-state index contributed by atoms with van der Waals surface area (Å²) in [6.45, 7) is 0.747. The number of methoxy groups -OCH3 is 1. The SMILES string of the molecule is COc1cc(COC(C)=O)ccc1ON1OC(CO)C(O)C(O)C1O. The summed E-state index contributed by atoms with van der Waals surface area (Å²) in [5.74, 6) is -0.0401. The molecule has 1 heterocycles. The van der Waals surface area contributed by atoms with Crippen LogP contribution < -0.4 is 9.57 Å². The number of rotatable bonds is 6. The highest BCUT2D eigenvalue weighted by Gasteiger charge is 2.44. The number of nitrogens with zero attached hydrogens (tertiary/aromatic N) is 1. The molecule has 0 bridgehead atoms. The number of esters is 1. The van der Waals surface area contributed by atoms with Crippen LogP contribution in [0.25, 0.3) is 0 Å². The largest absolute Gasteiger partial charge is 0.493 e. The molecule has 4 N–H and O–H groups in total. The second-order valence-electron chi connectivity index (χ2n) is 5.36. The van der Waals surface area contributed by atoms with Crippen LogP contribution in [0.1, 0.15) is 12.5 Å². The van der Waals surface area contributed by atoms with Gasteiger partial charge in [0, 0.05) is 12.2 Å². The topological polar surface area (TPSA) is 138 Å². The van der Waals surface area contributed by atoms with Gasteiger partial charge < -0.3 is 34.7 Å². The Morgan fingerprint density at radius 1 is 1.24 bits per heavy atom. The highest BCUT2D eigenvalue weighted by Crippen LogP contribution is 2.31. The predicted molar refractivity (Wildman–Crippen MR) is 80.9 cm³/mol. The van der Waals surface area contributed by atoms with Gasteiger partial charge in [0.15, 0.2) is 17.7 Å². The van der Waals surface area contributed by atoms with E-state index in [-0.39, 0.29) is 18.1 Å². The van der Waals surface area contributed by atoms with E-state index in [2.05, 4.69) is 0 Å². The number of benzene rings is 1. The molecule has 0 amide bonds. The second-order valence-corrected chi connectivity index (χ2v) is 5.36. The van der Waals surface area contributed by atoms with E-state index in [1.807, 2.05) is 0 Å². The Kier molecular flexibility index (Phi) is 6.53. The van der Waals surface area contributed by atoms with Crippen LogP contribution in [0.15, 0.2) is 18.2 Å². The summed E-state index contributed by atoms with van der Waals surface area (Å²) in [4.78, 5) is 21.3. The lowest BCUT2D eigenvalue weighted by Crippen LogP contribution is -2.61. The number of aliphatic hydroxyl groups excluding tert-OH is 4. The van der Waals surface area contributed by atoms with Gasteiger partial charge in [0.1, 0.15) is 24.9 Å². The van der Waals surface area contributed by atoms with Crippen LogP contribution in [0.3, 0.4) is 0 Å². The summed E-state index contributed by atoms with van der Waals surface area (Å²) in [6, 6.07) is 4.65. The van der Waals surface area contributed by atoms with E-state index in [0.717, 1.165) is 0 Å². The van der Waals surface area contributed by atoms with E-state index in [0.29, 0.717) is 10.8 Å².